The van der Waals surface area contributed by atoms with E-state index in [0.29, 0.717) is 16.2 Å². The van der Waals surface area contributed by atoms with Crippen molar-refractivity contribution in [1.29, 1.82) is 0 Å². The van der Waals surface area contributed by atoms with Crippen LogP contribution in [0.1, 0.15) is 139 Å². The minimum atomic E-state index is 0.384. The van der Waals surface area contributed by atoms with E-state index in [4.69, 9.17) is 0 Å². The van der Waals surface area contributed by atoms with E-state index >= 15 is 0 Å². The molecule has 0 radical (unpaired) electrons. The molecule has 0 unspecified atom stereocenters. The fraction of sp³-hybridized carbons (Fsp3) is 0.923. The Hall–Kier alpha value is -0.260. The second kappa shape index (κ2) is 12.2. The van der Waals surface area contributed by atoms with Crippen molar-refractivity contribution < 1.29 is 0 Å². The molecule has 0 aliphatic rings. The predicted octanol–water partition coefficient (Wildman–Crippen LogP) is 9.73. The van der Waals surface area contributed by atoms with Gasteiger partial charge in [0.05, 0.1) is 0 Å². The topological polar surface area (TPSA) is 0 Å². The summed E-state index contributed by atoms with van der Waals surface area (Å²) in [5, 5.41) is 0. The van der Waals surface area contributed by atoms with Crippen molar-refractivity contribution in [3.8, 4) is 0 Å². The van der Waals surface area contributed by atoms with Crippen molar-refractivity contribution in [1.82, 2.24) is 0 Å². The van der Waals surface area contributed by atoms with Gasteiger partial charge in [0, 0.05) is 0 Å². The lowest BCUT2D eigenvalue weighted by Crippen LogP contribution is -2.34. The van der Waals surface area contributed by atoms with E-state index in [9.17, 15) is 0 Å². The molecule has 26 heavy (non-hydrogen) atoms. The molecule has 0 N–H and O–H groups in total. The molecule has 156 valence electrons. The highest BCUT2D eigenvalue weighted by atomic mass is 14.4. The first-order chi connectivity index (χ1) is 11.9. The molecule has 0 nitrogen and oxygen atoms in total. The predicted molar refractivity (Wildman–Crippen MR) is 122 cm³/mol. The molecule has 0 fully saturated rings. The van der Waals surface area contributed by atoms with E-state index in [1.165, 1.54) is 89.0 Å². The Morgan fingerprint density at radius 3 is 1.38 bits per heavy atom. The monoisotopic (exact) mass is 364 g/mol. The normalized spacial score (nSPS) is 13.2. The van der Waals surface area contributed by atoms with E-state index in [0.717, 1.165) is 0 Å². The minimum absolute atomic E-state index is 0.384. The van der Waals surface area contributed by atoms with Gasteiger partial charge in [-0.05, 0) is 48.9 Å². The fourth-order valence-electron chi connectivity index (χ4n) is 3.99. The second-order valence-electron chi connectivity index (χ2n) is 11.5. The number of rotatable bonds is 15. The summed E-state index contributed by atoms with van der Waals surface area (Å²) in [4.78, 5) is 0. The summed E-state index contributed by atoms with van der Waals surface area (Å²) in [6.07, 6.45) is 18.1. The largest absolute Gasteiger partial charge is 0.100 e. The Morgan fingerprint density at radius 2 is 1.00 bits per heavy atom. The Bertz CT molecular complexity index is 364. The molecule has 0 heterocycles. The zero-order chi connectivity index (χ0) is 20.3. The van der Waals surface area contributed by atoms with Crippen molar-refractivity contribution in [3.05, 3.63) is 12.2 Å². The molecule has 0 atom stereocenters. The number of hydrogen-bond donors (Lipinski definition) is 0. The van der Waals surface area contributed by atoms with Crippen molar-refractivity contribution in [3.63, 3.8) is 0 Å². The molecule has 0 bridgehead atoms. The highest BCUT2D eigenvalue weighted by Gasteiger charge is 2.37. The lowest BCUT2D eigenvalue weighted by molar-refractivity contribution is 0.0624. The van der Waals surface area contributed by atoms with Gasteiger partial charge in [-0.2, -0.15) is 0 Å². The number of allylic oxidation sites excluding steroid dienone is 1. The summed E-state index contributed by atoms with van der Waals surface area (Å²) in [7, 11) is 0. The zero-order valence-corrected chi connectivity index (χ0v) is 19.9. The van der Waals surface area contributed by atoms with Gasteiger partial charge >= 0.3 is 0 Å². The lowest BCUT2D eigenvalue weighted by Gasteiger charge is -2.44. The van der Waals surface area contributed by atoms with Gasteiger partial charge in [0.15, 0.2) is 0 Å². The molecule has 0 saturated carbocycles. The van der Waals surface area contributed by atoms with E-state index in [2.05, 4.69) is 62.0 Å². The highest BCUT2D eigenvalue weighted by Crippen LogP contribution is 2.47. The third-order valence-corrected chi connectivity index (χ3v) is 6.66. The van der Waals surface area contributed by atoms with Gasteiger partial charge in [-0.3, -0.25) is 0 Å². The minimum Gasteiger partial charge on any atom is -0.100 e. The average Bonchev–Trinajstić information content (AvgIpc) is 2.45. The molecule has 0 amide bonds. The van der Waals surface area contributed by atoms with Gasteiger partial charge in [-0.25, -0.2) is 0 Å². The van der Waals surface area contributed by atoms with Crippen molar-refractivity contribution >= 4 is 0 Å². The van der Waals surface area contributed by atoms with Gasteiger partial charge in [0.2, 0.25) is 0 Å². The van der Waals surface area contributed by atoms with E-state index in [1.54, 1.807) is 0 Å². The summed E-state index contributed by atoms with van der Waals surface area (Å²) in [5.74, 6) is 0. The molecule has 0 saturated heterocycles. The van der Waals surface area contributed by atoms with Crippen LogP contribution in [0.15, 0.2) is 12.2 Å². The maximum absolute atomic E-state index is 3.98. The van der Waals surface area contributed by atoms with Crippen LogP contribution >= 0.6 is 0 Å². The van der Waals surface area contributed by atoms with Gasteiger partial charge in [-0.15, -0.1) is 6.58 Å². The fourth-order valence-corrected chi connectivity index (χ4v) is 3.99. The van der Waals surface area contributed by atoms with Crippen LogP contribution in [0, 0.1) is 16.2 Å². The first-order valence-corrected chi connectivity index (χ1v) is 11.5. The van der Waals surface area contributed by atoms with Crippen LogP contribution in [0.25, 0.3) is 0 Å². The van der Waals surface area contributed by atoms with Gasteiger partial charge in [-0.1, -0.05) is 112 Å². The second-order valence-corrected chi connectivity index (χ2v) is 11.5. The summed E-state index contributed by atoms with van der Waals surface area (Å²) < 4.78 is 0. The smallest absolute Gasteiger partial charge is 0.0300 e. The average molecular weight is 365 g/mol. The van der Waals surface area contributed by atoms with E-state index in [1.807, 2.05) is 0 Å². The molecular formula is C26H52. The summed E-state index contributed by atoms with van der Waals surface area (Å²) >= 11 is 0. The molecule has 0 aromatic carbocycles. The number of unbranched alkanes of at least 4 members (excludes halogenated alkanes) is 9. The summed E-state index contributed by atoms with van der Waals surface area (Å²) in [5.41, 5.74) is 2.60. The maximum Gasteiger partial charge on any atom is -0.0300 e. The Kier molecular flexibility index (Phi) is 12.1. The zero-order valence-electron chi connectivity index (χ0n) is 19.9. The third-order valence-electron chi connectivity index (χ3n) is 6.66. The molecule has 0 aromatic rings. The van der Waals surface area contributed by atoms with Crippen LogP contribution in [-0.4, -0.2) is 0 Å². The first kappa shape index (κ1) is 25.7. The Labute approximate surface area is 167 Å². The van der Waals surface area contributed by atoms with Crippen LogP contribution in [0.2, 0.25) is 0 Å². The molecule has 0 aromatic heterocycles. The molecule has 0 spiro atoms. The molecule has 0 heteroatoms. The van der Waals surface area contributed by atoms with Crippen LogP contribution in [0.5, 0.6) is 0 Å². The van der Waals surface area contributed by atoms with Crippen LogP contribution in [-0.2, 0) is 0 Å². The third kappa shape index (κ3) is 13.0. The van der Waals surface area contributed by atoms with Crippen LogP contribution in [0.4, 0.5) is 0 Å². The first-order valence-electron chi connectivity index (χ1n) is 11.5. The standard InChI is InChI=1S/C26H52/c1-23(2)20-18-16-14-12-10-11-13-15-17-19-21-25(6,7)22-26(8,9)24(3,4)5/h1,10-22H2,2-9H3. The summed E-state index contributed by atoms with van der Waals surface area (Å²) in [6.45, 7) is 23.2. The maximum atomic E-state index is 3.98. The van der Waals surface area contributed by atoms with Crippen LogP contribution in [0.3, 0.4) is 0 Å². The van der Waals surface area contributed by atoms with Gasteiger partial charge < -0.3 is 0 Å². The van der Waals surface area contributed by atoms with E-state index < -0.39 is 0 Å². The van der Waals surface area contributed by atoms with Crippen molar-refractivity contribution in [2.45, 2.75) is 139 Å². The Morgan fingerprint density at radius 1 is 0.615 bits per heavy atom. The molecule has 0 rings (SSSR count). The molecule has 0 aliphatic carbocycles. The van der Waals surface area contributed by atoms with Crippen molar-refractivity contribution in [2.75, 3.05) is 0 Å². The molecular weight excluding hydrogens is 312 g/mol. The highest BCUT2D eigenvalue weighted by molar-refractivity contribution is 4.88. The number of hydrogen-bond acceptors (Lipinski definition) is 0. The van der Waals surface area contributed by atoms with E-state index in [-0.39, 0.29) is 0 Å². The van der Waals surface area contributed by atoms with Gasteiger partial charge in [0.25, 0.3) is 0 Å². The lowest BCUT2D eigenvalue weighted by atomic mass is 9.61. The van der Waals surface area contributed by atoms with Crippen molar-refractivity contribution in [2.24, 2.45) is 16.2 Å². The quantitative estimate of drug-likeness (QED) is 0.200. The van der Waals surface area contributed by atoms with Crippen LogP contribution < -0.4 is 0 Å². The van der Waals surface area contributed by atoms with Gasteiger partial charge in [0.1, 0.15) is 0 Å². The molecule has 0 aliphatic heterocycles. The Balaban J connectivity index is 3.64. The summed E-state index contributed by atoms with van der Waals surface area (Å²) in [6, 6.07) is 0. The SMILES string of the molecule is C=C(C)CCCCCCCCCCCCC(C)(C)CC(C)(C)C(C)(C)C.